The van der Waals surface area contributed by atoms with Crippen LogP contribution in [0.5, 0.6) is 0 Å². The summed E-state index contributed by atoms with van der Waals surface area (Å²) in [7, 11) is 2.03. The van der Waals surface area contributed by atoms with Crippen LogP contribution in [0.4, 0.5) is 0 Å². The van der Waals surface area contributed by atoms with Gasteiger partial charge < -0.3 is 5.32 Å². The lowest BCUT2D eigenvalue weighted by atomic mass is 9.68. The van der Waals surface area contributed by atoms with Crippen LogP contribution in [0.25, 0.3) is 0 Å². The van der Waals surface area contributed by atoms with E-state index in [4.69, 9.17) is 0 Å². The van der Waals surface area contributed by atoms with Crippen LogP contribution in [-0.4, -0.2) is 13.6 Å². The van der Waals surface area contributed by atoms with Crippen molar-refractivity contribution in [2.45, 2.75) is 60.8 Å². The van der Waals surface area contributed by atoms with Crippen LogP contribution in [-0.2, 0) is 0 Å². The lowest BCUT2D eigenvalue weighted by Gasteiger charge is -2.38. The monoisotopic (exact) mass is 213 g/mol. The standard InChI is InChI=1S/C14H31N/c1-12(2)14(5,6)11-13(3,4)9-8-10-15-7/h12,15H,8-11H2,1-7H3. The van der Waals surface area contributed by atoms with Crippen molar-refractivity contribution < 1.29 is 0 Å². The van der Waals surface area contributed by atoms with Crippen molar-refractivity contribution in [3.05, 3.63) is 0 Å². The molecule has 0 aromatic carbocycles. The average molecular weight is 213 g/mol. The van der Waals surface area contributed by atoms with E-state index in [1.54, 1.807) is 0 Å². The van der Waals surface area contributed by atoms with Crippen molar-refractivity contribution >= 4 is 0 Å². The molecule has 0 spiro atoms. The maximum atomic E-state index is 3.23. The molecule has 0 aromatic heterocycles. The van der Waals surface area contributed by atoms with Gasteiger partial charge in [-0.2, -0.15) is 0 Å². The Labute approximate surface area is 97.0 Å². The molecule has 0 fully saturated rings. The fourth-order valence-corrected chi connectivity index (χ4v) is 2.27. The summed E-state index contributed by atoms with van der Waals surface area (Å²) in [4.78, 5) is 0. The molecule has 0 amide bonds. The quantitative estimate of drug-likeness (QED) is 0.628. The Balaban J connectivity index is 4.12. The van der Waals surface area contributed by atoms with Crippen LogP contribution in [0.1, 0.15) is 60.8 Å². The zero-order valence-corrected chi connectivity index (χ0v) is 11.9. The molecule has 1 N–H and O–H groups in total. The molecule has 0 aliphatic rings. The SMILES string of the molecule is CNCCCC(C)(C)CC(C)(C)C(C)C. The first kappa shape index (κ1) is 15.0. The van der Waals surface area contributed by atoms with Gasteiger partial charge in [0.2, 0.25) is 0 Å². The molecule has 0 heterocycles. The minimum Gasteiger partial charge on any atom is -0.320 e. The summed E-state index contributed by atoms with van der Waals surface area (Å²) in [6, 6.07) is 0. The number of hydrogen-bond acceptors (Lipinski definition) is 1. The van der Waals surface area contributed by atoms with Gasteiger partial charge in [0.1, 0.15) is 0 Å². The van der Waals surface area contributed by atoms with Crippen molar-refractivity contribution in [1.29, 1.82) is 0 Å². The van der Waals surface area contributed by atoms with Gasteiger partial charge in [-0.3, -0.25) is 0 Å². The van der Waals surface area contributed by atoms with Crippen molar-refractivity contribution in [2.24, 2.45) is 16.7 Å². The predicted molar refractivity (Wildman–Crippen MR) is 70.2 cm³/mol. The smallest absolute Gasteiger partial charge is 0.00517 e. The van der Waals surface area contributed by atoms with Gasteiger partial charge in [0, 0.05) is 0 Å². The van der Waals surface area contributed by atoms with Crippen molar-refractivity contribution in [2.75, 3.05) is 13.6 Å². The average Bonchev–Trinajstić information content (AvgIpc) is 2.01. The highest BCUT2D eigenvalue weighted by atomic mass is 14.8. The summed E-state index contributed by atoms with van der Waals surface area (Å²) in [5.74, 6) is 0.765. The van der Waals surface area contributed by atoms with E-state index in [0.29, 0.717) is 10.8 Å². The second-order valence-corrected chi connectivity index (χ2v) is 6.69. The van der Waals surface area contributed by atoms with Gasteiger partial charge >= 0.3 is 0 Å². The van der Waals surface area contributed by atoms with E-state index in [9.17, 15) is 0 Å². The van der Waals surface area contributed by atoms with Crippen LogP contribution in [0.15, 0.2) is 0 Å². The minimum absolute atomic E-state index is 0.461. The first-order valence-electron chi connectivity index (χ1n) is 6.36. The van der Waals surface area contributed by atoms with Crippen LogP contribution in [0.2, 0.25) is 0 Å². The molecular weight excluding hydrogens is 182 g/mol. The van der Waals surface area contributed by atoms with Crippen LogP contribution >= 0.6 is 0 Å². The molecule has 1 heteroatoms. The second kappa shape index (κ2) is 5.89. The highest BCUT2D eigenvalue weighted by molar-refractivity contribution is 4.81. The zero-order valence-electron chi connectivity index (χ0n) is 11.9. The lowest BCUT2D eigenvalue weighted by molar-refractivity contribution is 0.130. The van der Waals surface area contributed by atoms with Gasteiger partial charge in [-0.25, -0.2) is 0 Å². The van der Waals surface area contributed by atoms with Crippen LogP contribution in [0.3, 0.4) is 0 Å². The van der Waals surface area contributed by atoms with Gasteiger partial charge in [-0.1, -0.05) is 41.5 Å². The van der Waals surface area contributed by atoms with Gasteiger partial charge in [0.15, 0.2) is 0 Å². The van der Waals surface area contributed by atoms with E-state index < -0.39 is 0 Å². The summed E-state index contributed by atoms with van der Waals surface area (Å²) in [5.41, 5.74) is 0.938. The zero-order chi connectivity index (χ0) is 12.1. The fourth-order valence-electron chi connectivity index (χ4n) is 2.27. The van der Waals surface area contributed by atoms with Crippen LogP contribution in [0, 0.1) is 16.7 Å². The van der Waals surface area contributed by atoms with Gasteiger partial charge in [-0.15, -0.1) is 0 Å². The Morgan fingerprint density at radius 1 is 1.07 bits per heavy atom. The molecule has 0 aliphatic heterocycles. The minimum atomic E-state index is 0.461. The summed E-state index contributed by atoms with van der Waals surface area (Å²) >= 11 is 0. The van der Waals surface area contributed by atoms with Crippen molar-refractivity contribution in [1.82, 2.24) is 5.32 Å². The van der Waals surface area contributed by atoms with Crippen LogP contribution < -0.4 is 5.32 Å². The summed E-state index contributed by atoms with van der Waals surface area (Å²) in [5, 5.41) is 3.23. The predicted octanol–water partition coefficient (Wildman–Crippen LogP) is 4.08. The molecule has 0 aromatic rings. The molecule has 0 saturated heterocycles. The third-order valence-electron chi connectivity index (χ3n) is 3.78. The molecule has 0 bridgehead atoms. The Bertz CT molecular complexity index is 168. The number of rotatable bonds is 7. The van der Waals surface area contributed by atoms with E-state index >= 15 is 0 Å². The maximum Gasteiger partial charge on any atom is -0.00517 e. The molecule has 15 heavy (non-hydrogen) atoms. The number of hydrogen-bond donors (Lipinski definition) is 1. The molecular formula is C14H31N. The van der Waals surface area contributed by atoms with Gasteiger partial charge in [0.05, 0.1) is 0 Å². The third kappa shape index (κ3) is 6.19. The van der Waals surface area contributed by atoms with E-state index in [0.717, 1.165) is 12.5 Å². The second-order valence-electron chi connectivity index (χ2n) is 6.69. The number of nitrogens with one attached hydrogen (secondary N) is 1. The Hall–Kier alpha value is -0.0400. The molecule has 0 atom stereocenters. The van der Waals surface area contributed by atoms with Gasteiger partial charge in [-0.05, 0) is 49.6 Å². The normalized spacial score (nSPS) is 13.6. The largest absolute Gasteiger partial charge is 0.320 e. The summed E-state index contributed by atoms with van der Waals surface area (Å²) < 4.78 is 0. The van der Waals surface area contributed by atoms with Gasteiger partial charge in [0.25, 0.3) is 0 Å². The fraction of sp³-hybridized carbons (Fsp3) is 1.00. The summed E-state index contributed by atoms with van der Waals surface area (Å²) in [6.45, 7) is 15.4. The lowest BCUT2D eigenvalue weighted by Crippen LogP contribution is -2.28. The Kier molecular flexibility index (Phi) is 5.87. The summed E-state index contributed by atoms with van der Waals surface area (Å²) in [6.07, 6.45) is 3.93. The third-order valence-corrected chi connectivity index (χ3v) is 3.78. The molecule has 0 radical (unpaired) electrons. The van der Waals surface area contributed by atoms with E-state index in [2.05, 4.69) is 46.9 Å². The highest BCUT2D eigenvalue weighted by Gasteiger charge is 2.30. The molecule has 1 nitrogen and oxygen atoms in total. The highest BCUT2D eigenvalue weighted by Crippen LogP contribution is 2.41. The first-order chi connectivity index (χ1) is 6.71. The molecule has 0 aliphatic carbocycles. The van der Waals surface area contributed by atoms with Crippen molar-refractivity contribution in [3.8, 4) is 0 Å². The molecule has 0 unspecified atom stereocenters. The Morgan fingerprint density at radius 3 is 2.00 bits per heavy atom. The van der Waals surface area contributed by atoms with E-state index in [-0.39, 0.29) is 0 Å². The molecule has 0 rings (SSSR count). The molecule has 0 saturated carbocycles. The van der Waals surface area contributed by atoms with Crippen molar-refractivity contribution in [3.63, 3.8) is 0 Å². The topological polar surface area (TPSA) is 12.0 Å². The molecule has 92 valence electrons. The van der Waals surface area contributed by atoms with E-state index in [1.165, 1.54) is 19.3 Å². The van der Waals surface area contributed by atoms with E-state index in [1.807, 2.05) is 7.05 Å². The Morgan fingerprint density at radius 2 is 1.60 bits per heavy atom. The maximum absolute atomic E-state index is 3.23. The first-order valence-corrected chi connectivity index (χ1v) is 6.36.